The first-order chi connectivity index (χ1) is 20.3. The van der Waals surface area contributed by atoms with E-state index >= 15 is 0 Å². The predicted molar refractivity (Wildman–Crippen MR) is 168 cm³/mol. The van der Waals surface area contributed by atoms with Crippen LogP contribution in [0.5, 0.6) is 11.5 Å². The van der Waals surface area contributed by atoms with Crippen LogP contribution in [-0.2, 0) is 0 Å². The SMILES string of the molecule is Cc1nn2c3c(cccc13)B1c3c(c4c5cccc6c5n5c7c(cccc7c(c3-2)c45)O6)-c2cccc3cccc1c23. The second-order valence-electron chi connectivity index (χ2n) is 11.9. The van der Waals surface area contributed by atoms with Crippen LogP contribution in [-0.4, -0.2) is 20.9 Å². The Morgan fingerprint density at radius 1 is 0.634 bits per heavy atom. The third-order valence-electron chi connectivity index (χ3n) is 10.2. The summed E-state index contributed by atoms with van der Waals surface area (Å²) in [5.41, 5.74) is 13.9. The van der Waals surface area contributed by atoms with Gasteiger partial charge in [0.05, 0.1) is 33.4 Å². The minimum atomic E-state index is 0.125. The fraction of sp³-hybridized carbons (Fsp3) is 0.0278. The van der Waals surface area contributed by atoms with Crippen LogP contribution in [0, 0.1) is 6.92 Å². The molecular formula is C36H18BN3O. The smallest absolute Gasteiger partial charge is 0.248 e. The molecule has 0 fully saturated rings. The van der Waals surface area contributed by atoms with Crippen LogP contribution in [0.15, 0.2) is 91.0 Å². The Labute approximate surface area is 233 Å². The van der Waals surface area contributed by atoms with Crippen molar-refractivity contribution >= 4 is 82.9 Å². The van der Waals surface area contributed by atoms with Crippen LogP contribution >= 0.6 is 0 Å². The van der Waals surface area contributed by atoms with Gasteiger partial charge < -0.3 is 9.14 Å². The minimum Gasteiger partial charge on any atom is -0.453 e. The fourth-order valence-corrected chi connectivity index (χ4v) is 8.83. The van der Waals surface area contributed by atoms with Gasteiger partial charge >= 0.3 is 0 Å². The Bertz CT molecular complexity index is 2740. The van der Waals surface area contributed by atoms with E-state index < -0.39 is 0 Å². The number of nitrogens with zero attached hydrogens (tertiary/aromatic N) is 3. The van der Waals surface area contributed by atoms with E-state index in [0.29, 0.717) is 0 Å². The van der Waals surface area contributed by atoms with Gasteiger partial charge in [0.1, 0.15) is 0 Å². The predicted octanol–water partition coefficient (Wildman–Crippen LogP) is 6.55. The number of para-hydroxylation sites is 3. The van der Waals surface area contributed by atoms with Crippen LogP contribution in [0.2, 0.25) is 0 Å². The lowest BCUT2D eigenvalue weighted by Crippen LogP contribution is -2.58. The molecule has 6 aromatic carbocycles. The average Bonchev–Trinajstić information content (AvgIpc) is 3.65. The summed E-state index contributed by atoms with van der Waals surface area (Å²) in [7, 11) is 0. The number of hydrogen-bond acceptors (Lipinski definition) is 2. The van der Waals surface area contributed by atoms with Crippen LogP contribution in [0.4, 0.5) is 0 Å². The Morgan fingerprint density at radius 2 is 1.32 bits per heavy atom. The molecule has 0 radical (unpaired) electrons. The van der Waals surface area contributed by atoms with Gasteiger partial charge in [0, 0.05) is 26.9 Å². The Hall–Kier alpha value is -5.29. The van der Waals surface area contributed by atoms with Gasteiger partial charge in [0.15, 0.2) is 11.5 Å². The summed E-state index contributed by atoms with van der Waals surface area (Å²) in [5, 5.41) is 14.3. The highest BCUT2D eigenvalue weighted by atomic mass is 16.5. The van der Waals surface area contributed by atoms with Gasteiger partial charge in [-0.3, -0.25) is 0 Å². The maximum atomic E-state index is 6.58. The third-order valence-corrected chi connectivity index (χ3v) is 10.2. The molecule has 4 nitrogen and oxygen atoms in total. The van der Waals surface area contributed by atoms with Gasteiger partial charge in [-0.2, -0.15) is 5.10 Å². The summed E-state index contributed by atoms with van der Waals surface area (Å²) in [4.78, 5) is 0. The molecule has 5 heteroatoms. The van der Waals surface area contributed by atoms with E-state index in [1.807, 2.05) is 0 Å². The first-order valence-electron chi connectivity index (χ1n) is 14.3. The van der Waals surface area contributed by atoms with Gasteiger partial charge in [-0.05, 0) is 51.9 Å². The molecule has 0 aliphatic carbocycles. The molecule has 0 N–H and O–H groups in total. The van der Waals surface area contributed by atoms with Crippen LogP contribution < -0.4 is 21.1 Å². The lowest BCUT2D eigenvalue weighted by molar-refractivity contribution is 0.486. The summed E-state index contributed by atoms with van der Waals surface area (Å²) in [5.74, 6) is 1.84. The molecule has 6 heterocycles. The summed E-state index contributed by atoms with van der Waals surface area (Å²) in [6, 6.07) is 33.5. The second-order valence-corrected chi connectivity index (χ2v) is 11.9. The topological polar surface area (TPSA) is 31.5 Å². The van der Waals surface area contributed by atoms with Gasteiger partial charge in [-0.25, -0.2) is 4.68 Å². The van der Waals surface area contributed by atoms with Crippen molar-refractivity contribution in [3.8, 4) is 28.3 Å². The first kappa shape index (κ1) is 19.7. The van der Waals surface area contributed by atoms with Crippen molar-refractivity contribution in [1.29, 1.82) is 0 Å². The van der Waals surface area contributed by atoms with Crippen LogP contribution in [0.25, 0.3) is 76.6 Å². The van der Waals surface area contributed by atoms with Crippen molar-refractivity contribution in [3.63, 3.8) is 0 Å². The minimum absolute atomic E-state index is 0.125. The van der Waals surface area contributed by atoms with E-state index in [4.69, 9.17) is 9.84 Å². The number of benzene rings is 6. The fourth-order valence-electron chi connectivity index (χ4n) is 8.83. The van der Waals surface area contributed by atoms with Crippen molar-refractivity contribution in [2.24, 2.45) is 0 Å². The highest BCUT2D eigenvalue weighted by Crippen LogP contribution is 2.53. The number of fused-ring (bicyclic) bond motifs is 8. The van der Waals surface area contributed by atoms with E-state index in [-0.39, 0.29) is 6.71 Å². The van der Waals surface area contributed by atoms with E-state index in [1.54, 1.807) is 0 Å². The molecular weight excluding hydrogens is 501 g/mol. The van der Waals surface area contributed by atoms with Crippen molar-refractivity contribution in [2.45, 2.75) is 6.92 Å². The molecule has 3 aliphatic heterocycles. The molecule has 3 aromatic heterocycles. The lowest BCUT2D eigenvalue weighted by atomic mass is 9.32. The monoisotopic (exact) mass is 519 g/mol. The van der Waals surface area contributed by atoms with Gasteiger partial charge in [0.2, 0.25) is 6.71 Å². The summed E-state index contributed by atoms with van der Waals surface area (Å²) < 4.78 is 11.4. The molecule has 0 amide bonds. The summed E-state index contributed by atoms with van der Waals surface area (Å²) >= 11 is 0. The van der Waals surface area contributed by atoms with Crippen molar-refractivity contribution in [2.75, 3.05) is 0 Å². The molecule has 9 aromatic rings. The zero-order chi connectivity index (χ0) is 26.3. The Kier molecular flexibility index (Phi) is 2.91. The molecule has 12 rings (SSSR count). The molecule has 0 spiro atoms. The second kappa shape index (κ2) is 6.06. The maximum absolute atomic E-state index is 6.58. The highest BCUT2D eigenvalue weighted by Gasteiger charge is 2.43. The number of ether oxygens (including phenoxy) is 1. The quantitative estimate of drug-likeness (QED) is 0.213. The zero-order valence-electron chi connectivity index (χ0n) is 22.0. The maximum Gasteiger partial charge on any atom is 0.248 e. The number of hydrogen-bond donors (Lipinski definition) is 0. The molecule has 186 valence electrons. The molecule has 0 bridgehead atoms. The third kappa shape index (κ3) is 1.88. The van der Waals surface area contributed by atoms with Gasteiger partial charge in [-0.1, -0.05) is 84.3 Å². The standard InChI is InChI=1S/C36H18BN3O/c1-17-19-9-4-14-24-32(19)40(38-17)36-30-22-12-6-16-26-34(22)39-33-21(11-5-15-25(33)41-26)29(35(30)39)28-20-10-2-7-18-8-3-13-23(27(18)20)37(24)31(28)36/h2-16H,1H3. The van der Waals surface area contributed by atoms with E-state index in [0.717, 1.165) is 22.7 Å². The lowest BCUT2D eigenvalue weighted by Gasteiger charge is -2.34. The molecule has 0 unspecified atom stereocenters. The van der Waals surface area contributed by atoms with Crippen molar-refractivity contribution in [1.82, 2.24) is 14.2 Å². The Balaban J connectivity index is 1.51. The number of aromatic nitrogens is 3. The average molecular weight is 519 g/mol. The van der Waals surface area contributed by atoms with E-state index in [2.05, 4.69) is 107 Å². The highest BCUT2D eigenvalue weighted by molar-refractivity contribution is 7.01. The Morgan fingerprint density at radius 3 is 2.15 bits per heavy atom. The largest absolute Gasteiger partial charge is 0.453 e. The number of rotatable bonds is 0. The molecule has 3 aliphatic rings. The summed E-state index contributed by atoms with van der Waals surface area (Å²) in [6.07, 6.45) is 0. The molecule has 0 saturated heterocycles. The molecule has 41 heavy (non-hydrogen) atoms. The zero-order valence-corrected chi connectivity index (χ0v) is 22.0. The van der Waals surface area contributed by atoms with Gasteiger partial charge in [-0.15, -0.1) is 0 Å². The van der Waals surface area contributed by atoms with Crippen molar-refractivity contribution in [3.05, 3.63) is 96.7 Å². The normalized spacial score (nSPS) is 14.1. The number of aryl methyl sites for hydroxylation is 1. The van der Waals surface area contributed by atoms with E-state index in [1.165, 1.54) is 87.5 Å². The first-order valence-corrected chi connectivity index (χ1v) is 14.3. The summed E-state index contributed by atoms with van der Waals surface area (Å²) in [6.45, 7) is 2.27. The molecule has 0 atom stereocenters. The van der Waals surface area contributed by atoms with Crippen LogP contribution in [0.3, 0.4) is 0 Å². The van der Waals surface area contributed by atoms with Crippen molar-refractivity contribution < 1.29 is 4.74 Å². The van der Waals surface area contributed by atoms with E-state index in [9.17, 15) is 0 Å². The van der Waals surface area contributed by atoms with Crippen LogP contribution in [0.1, 0.15) is 5.69 Å². The molecule has 0 saturated carbocycles. The van der Waals surface area contributed by atoms with Gasteiger partial charge in [0.25, 0.3) is 0 Å².